The zero-order valence-corrected chi connectivity index (χ0v) is 20.7. The number of hydrogen-bond acceptors (Lipinski definition) is 7. The molecule has 4 aromatic heterocycles. The molecule has 38 heavy (non-hydrogen) atoms. The molecule has 1 unspecified atom stereocenters. The normalized spacial score (nSPS) is 19.3. The van der Waals surface area contributed by atoms with Gasteiger partial charge in [0.2, 0.25) is 5.91 Å². The maximum absolute atomic E-state index is 12.1. The summed E-state index contributed by atoms with van der Waals surface area (Å²) in [5, 5.41) is 4.34. The SMILES string of the molecule is NC(=O)C1CCCN1[C@H]1CCc2cc(-n3c(-c4cccnc4N)nc4ccc(-n5cccn5)nc43)ccc21. The highest BCUT2D eigenvalue weighted by molar-refractivity contribution is 5.83. The zero-order valence-electron chi connectivity index (χ0n) is 20.7. The minimum atomic E-state index is -0.227. The molecule has 1 aromatic carbocycles. The first-order valence-corrected chi connectivity index (χ1v) is 12.9. The number of hydrogen-bond donors (Lipinski definition) is 2. The van der Waals surface area contributed by atoms with Gasteiger partial charge >= 0.3 is 0 Å². The van der Waals surface area contributed by atoms with Gasteiger partial charge in [-0.3, -0.25) is 14.3 Å². The van der Waals surface area contributed by atoms with E-state index >= 15 is 0 Å². The molecule has 2 atom stereocenters. The van der Waals surface area contributed by atoms with Gasteiger partial charge in [0, 0.05) is 30.3 Å². The number of likely N-dealkylation sites (tertiary alicyclic amines) is 1. The van der Waals surface area contributed by atoms with E-state index in [-0.39, 0.29) is 18.0 Å². The fourth-order valence-electron chi connectivity index (χ4n) is 6.04. The summed E-state index contributed by atoms with van der Waals surface area (Å²) in [4.78, 5) is 28.5. The van der Waals surface area contributed by atoms with Crippen LogP contribution >= 0.6 is 0 Å². The summed E-state index contributed by atoms with van der Waals surface area (Å²) in [6.45, 7) is 0.899. The average molecular weight is 506 g/mol. The van der Waals surface area contributed by atoms with Crippen molar-refractivity contribution in [2.24, 2.45) is 5.73 Å². The number of aromatic nitrogens is 6. The Morgan fingerprint density at radius 2 is 1.95 bits per heavy atom. The molecular weight excluding hydrogens is 478 g/mol. The van der Waals surface area contributed by atoms with Crippen molar-refractivity contribution in [3.8, 4) is 22.9 Å². The molecule has 4 N–H and O–H groups in total. The minimum Gasteiger partial charge on any atom is -0.383 e. The molecule has 0 radical (unpaired) electrons. The van der Waals surface area contributed by atoms with Crippen LogP contribution in [0.4, 0.5) is 5.82 Å². The number of nitrogens with zero attached hydrogens (tertiary/aromatic N) is 7. The summed E-state index contributed by atoms with van der Waals surface area (Å²) < 4.78 is 3.78. The van der Waals surface area contributed by atoms with E-state index in [1.54, 1.807) is 17.1 Å². The first-order chi connectivity index (χ1) is 18.6. The van der Waals surface area contributed by atoms with Gasteiger partial charge in [-0.2, -0.15) is 5.10 Å². The lowest BCUT2D eigenvalue weighted by atomic mass is 10.0. The second kappa shape index (κ2) is 8.77. The van der Waals surface area contributed by atoms with E-state index in [4.69, 9.17) is 21.4 Å². The molecule has 190 valence electrons. The number of aryl methyl sites for hydroxylation is 1. The van der Waals surface area contributed by atoms with E-state index in [0.29, 0.717) is 23.1 Å². The number of nitrogens with two attached hydrogens (primary N) is 2. The molecule has 7 rings (SSSR count). The summed E-state index contributed by atoms with van der Waals surface area (Å²) >= 11 is 0. The Kier molecular flexibility index (Phi) is 5.22. The van der Waals surface area contributed by atoms with Crippen LogP contribution in [-0.4, -0.2) is 52.7 Å². The Bertz CT molecular complexity index is 1670. The van der Waals surface area contributed by atoms with E-state index in [9.17, 15) is 4.79 Å². The number of fused-ring (bicyclic) bond motifs is 2. The third-order valence-corrected chi connectivity index (χ3v) is 7.76. The molecule has 2 aliphatic rings. The van der Waals surface area contributed by atoms with Gasteiger partial charge in [0.25, 0.3) is 0 Å². The summed E-state index contributed by atoms with van der Waals surface area (Å²) in [5.74, 6) is 1.56. The Hall–Kier alpha value is -4.57. The summed E-state index contributed by atoms with van der Waals surface area (Å²) in [6.07, 6.45) is 9.00. The maximum Gasteiger partial charge on any atom is 0.234 e. The van der Waals surface area contributed by atoms with Crippen molar-refractivity contribution in [1.82, 2.24) is 34.2 Å². The van der Waals surface area contributed by atoms with Gasteiger partial charge < -0.3 is 11.5 Å². The Labute approximate surface area is 218 Å². The highest BCUT2D eigenvalue weighted by Crippen LogP contribution is 2.41. The highest BCUT2D eigenvalue weighted by atomic mass is 16.1. The molecule has 0 saturated carbocycles. The van der Waals surface area contributed by atoms with Gasteiger partial charge in [0.05, 0.1) is 11.6 Å². The summed E-state index contributed by atoms with van der Waals surface area (Å²) in [7, 11) is 0. The molecule has 5 heterocycles. The number of imidazole rings is 1. The number of carbonyl (C=O) groups excluding carboxylic acids is 1. The molecule has 1 amide bonds. The Balaban J connectivity index is 1.38. The molecule has 0 bridgehead atoms. The third-order valence-electron chi connectivity index (χ3n) is 7.76. The lowest BCUT2D eigenvalue weighted by Gasteiger charge is -2.29. The molecule has 1 aliphatic heterocycles. The molecular formula is C28H27N9O. The number of rotatable bonds is 5. The van der Waals surface area contributed by atoms with Crippen molar-refractivity contribution >= 4 is 22.9 Å². The second-order valence-electron chi connectivity index (χ2n) is 9.91. The van der Waals surface area contributed by atoms with Gasteiger partial charge in [-0.05, 0) is 85.8 Å². The van der Waals surface area contributed by atoms with E-state index in [1.807, 2.05) is 41.1 Å². The number of nitrogen functional groups attached to an aromatic ring is 1. The van der Waals surface area contributed by atoms with E-state index in [0.717, 1.165) is 49.0 Å². The molecule has 0 spiro atoms. The largest absolute Gasteiger partial charge is 0.383 e. The molecule has 10 nitrogen and oxygen atoms in total. The first-order valence-electron chi connectivity index (χ1n) is 12.9. The number of amides is 1. The number of primary amides is 1. The fourth-order valence-corrected chi connectivity index (χ4v) is 6.04. The predicted octanol–water partition coefficient (Wildman–Crippen LogP) is 3.19. The molecule has 10 heteroatoms. The van der Waals surface area contributed by atoms with Crippen LogP contribution in [0.3, 0.4) is 0 Å². The van der Waals surface area contributed by atoms with Gasteiger partial charge in [0.1, 0.15) is 11.3 Å². The standard InChI is InChI=1S/C28H27N9O/c29-25-20(4-1-12-31-25)27-33-21-9-11-24(36-15-3-13-32-36)34-28(21)37(27)18-7-8-19-17(16-18)6-10-22(19)35-14-2-5-23(35)26(30)38/h1,3-4,7-9,11-13,15-16,22-23H,2,5-6,10,14H2,(H2,29,31)(H2,30,38)/t22-,23?/m0/s1. The van der Waals surface area contributed by atoms with Gasteiger partial charge in [0.15, 0.2) is 17.3 Å². The number of anilines is 1. The fraction of sp³-hybridized carbons (Fsp3) is 0.250. The van der Waals surface area contributed by atoms with E-state index in [1.165, 1.54) is 11.1 Å². The Morgan fingerprint density at radius 1 is 1.03 bits per heavy atom. The second-order valence-corrected chi connectivity index (χ2v) is 9.91. The molecule has 1 saturated heterocycles. The van der Waals surface area contributed by atoms with Crippen LogP contribution in [0.25, 0.3) is 34.1 Å². The lowest BCUT2D eigenvalue weighted by Crippen LogP contribution is -2.41. The first kappa shape index (κ1) is 22.6. The maximum atomic E-state index is 12.1. The van der Waals surface area contributed by atoms with E-state index < -0.39 is 0 Å². The predicted molar refractivity (Wildman–Crippen MR) is 144 cm³/mol. The number of benzene rings is 1. The quantitative estimate of drug-likeness (QED) is 0.375. The van der Waals surface area contributed by atoms with Crippen molar-refractivity contribution in [1.29, 1.82) is 0 Å². The van der Waals surface area contributed by atoms with Crippen LogP contribution in [0.15, 0.2) is 67.1 Å². The van der Waals surface area contributed by atoms with Crippen LogP contribution in [0.1, 0.15) is 36.4 Å². The number of carbonyl (C=O) groups is 1. The van der Waals surface area contributed by atoms with Gasteiger partial charge in [-0.25, -0.2) is 19.6 Å². The number of pyridine rings is 2. The minimum absolute atomic E-state index is 0.187. The monoisotopic (exact) mass is 505 g/mol. The molecule has 1 aliphatic carbocycles. The molecule has 5 aromatic rings. The smallest absolute Gasteiger partial charge is 0.234 e. The van der Waals surface area contributed by atoms with Crippen molar-refractivity contribution in [2.75, 3.05) is 12.3 Å². The van der Waals surface area contributed by atoms with Crippen molar-refractivity contribution in [2.45, 2.75) is 37.8 Å². The van der Waals surface area contributed by atoms with Crippen molar-refractivity contribution in [3.63, 3.8) is 0 Å². The summed E-state index contributed by atoms with van der Waals surface area (Å²) in [5.41, 5.74) is 17.7. The highest BCUT2D eigenvalue weighted by Gasteiger charge is 2.37. The summed E-state index contributed by atoms with van der Waals surface area (Å²) in [6, 6.07) is 16.0. The van der Waals surface area contributed by atoms with Gasteiger partial charge in [-0.1, -0.05) is 6.07 Å². The van der Waals surface area contributed by atoms with Crippen LogP contribution < -0.4 is 11.5 Å². The van der Waals surface area contributed by atoms with Crippen molar-refractivity contribution < 1.29 is 4.79 Å². The molecule has 1 fully saturated rings. The van der Waals surface area contributed by atoms with E-state index in [2.05, 4.69) is 33.2 Å². The third kappa shape index (κ3) is 3.56. The van der Waals surface area contributed by atoms with Crippen LogP contribution in [-0.2, 0) is 11.2 Å². The van der Waals surface area contributed by atoms with Crippen molar-refractivity contribution in [3.05, 3.63) is 78.2 Å². The average Bonchev–Trinajstić information content (AvgIpc) is 3.73. The Morgan fingerprint density at radius 3 is 2.76 bits per heavy atom. The van der Waals surface area contributed by atoms with Crippen LogP contribution in [0.5, 0.6) is 0 Å². The van der Waals surface area contributed by atoms with Gasteiger partial charge in [-0.15, -0.1) is 0 Å². The van der Waals surface area contributed by atoms with Crippen LogP contribution in [0, 0.1) is 0 Å². The lowest BCUT2D eigenvalue weighted by molar-refractivity contribution is -0.123. The zero-order chi connectivity index (χ0) is 25.8. The topological polar surface area (TPSA) is 134 Å². The van der Waals surface area contributed by atoms with Crippen LogP contribution in [0.2, 0.25) is 0 Å².